The number of ether oxygens (including phenoxy) is 1. The third-order valence-electron chi connectivity index (χ3n) is 5.77. The summed E-state index contributed by atoms with van der Waals surface area (Å²) in [7, 11) is 0. The molecule has 3 fully saturated rings. The lowest BCUT2D eigenvalue weighted by atomic mass is 9.78. The Morgan fingerprint density at radius 1 is 1.14 bits per heavy atom. The van der Waals surface area contributed by atoms with Gasteiger partial charge in [-0.2, -0.15) is 5.26 Å². The number of hydrogen-bond donors (Lipinski definition) is 0. The van der Waals surface area contributed by atoms with Crippen LogP contribution in [0.4, 0.5) is 0 Å². The number of hydrogen-bond acceptors (Lipinski definition) is 4. The normalized spacial score (nSPS) is 26.6. The van der Waals surface area contributed by atoms with Crippen LogP contribution in [0.2, 0.25) is 0 Å². The minimum Gasteiger partial charge on any atom is -0.381 e. The minimum atomic E-state index is -0.372. The Hall–Kier alpha value is -1.41. The van der Waals surface area contributed by atoms with Gasteiger partial charge in [0.15, 0.2) is 0 Å². The van der Waals surface area contributed by atoms with Crippen molar-refractivity contribution in [1.82, 2.24) is 4.90 Å². The zero-order valence-corrected chi connectivity index (χ0v) is 13.1. The Morgan fingerprint density at radius 2 is 1.82 bits per heavy atom. The average Bonchev–Trinajstić information content (AvgIpc) is 3.09. The van der Waals surface area contributed by atoms with E-state index in [2.05, 4.69) is 6.07 Å². The van der Waals surface area contributed by atoms with Crippen molar-refractivity contribution in [2.45, 2.75) is 57.8 Å². The Kier molecular flexibility index (Phi) is 4.22. The zero-order chi connectivity index (χ0) is 15.6. The van der Waals surface area contributed by atoms with Gasteiger partial charge in [-0.05, 0) is 38.5 Å². The number of likely N-dealkylation sites (tertiary alicyclic amines) is 1. The fraction of sp³-hybridized carbons (Fsp3) is 0.824. The molecule has 1 spiro atoms. The second-order valence-corrected chi connectivity index (χ2v) is 7.12. The van der Waals surface area contributed by atoms with Gasteiger partial charge in [-0.3, -0.25) is 14.5 Å². The molecule has 5 nitrogen and oxygen atoms in total. The van der Waals surface area contributed by atoms with E-state index in [4.69, 9.17) is 4.74 Å². The largest absolute Gasteiger partial charge is 0.381 e. The van der Waals surface area contributed by atoms with Crippen LogP contribution in [-0.2, 0) is 14.3 Å². The predicted molar refractivity (Wildman–Crippen MR) is 79.6 cm³/mol. The van der Waals surface area contributed by atoms with E-state index in [1.54, 1.807) is 0 Å². The number of imide groups is 1. The lowest BCUT2D eigenvalue weighted by molar-refractivity contribution is -0.141. The van der Waals surface area contributed by atoms with Crippen molar-refractivity contribution in [3.05, 3.63) is 0 Å². The fourth-order valence-electron chi connectivity index (χ4n) is 4.28. The first-order valence-corrected chi connectivity index (χ1v) is 8.45. The van der Waals surface area contributed by atoms with Gasteiger partial charge in [-0.25, -0.2) is 0 Å². The summed E-state index contributed by atoms with van der Waals surface area (Å²) < 4.78 is 5.33. The molecule has 2 aliphatic heterocycles. The minimum absolute atomic E-state index is 0.00937. The summed E-state index contributed by atoms with van der Waals surface area (Å²) in [6.45, 7) is 1.75. The molecule has 0 atom stereocenters. The molecule has 2 heterocycles. The van der Waals surface area contributed by atoms with Crippen LogP contribution < -0.4 is 0 Å². The molecule has 22 heavy (non-hydrogen) atoms. The van der Waals surface area contributed by atoms with E-state index in [0.29, 0.717) is 26.2 Å². The Morgan fingerprint density at radius 3 is 2.45 bits per heavy atom. The first kappa shape index (κ1) is 15.5. The Balaban J connectivity index is 1.56. The molecule has 5 heteroatoms. The number of carbonyl (C=O) groups excluding carboxylic acids is 2. The van der Waals surface area contributed by atoms with Crippen LogP contribution >= 0.6 is 0 Å². The molecule has 2 saturated heterocycles. The van der Waals surface area contributed by atoms with Gasteiger partial charge in [0.2, 0.25) is 11.8 Å². The van der Waals surface area contributed by atoms with E-state index in [1.807, 2.05) is 0 Å². The molecule has 0 bridgehead atoms. The lowest BCUT2D eigenvalue weighted by Gasteiger charge is -2.31. The van der Waals surface area contributed by atoms with Crippen LogP contribution in [0, 0.1) is 22.2 Å². The summed E-state index contributed by atoms with van der Waals surface area (Å²) in [5.74, 6) is 0.0397. The summed E-state index contributed by atoms with van der Waals surface area (Å²) >= 11 is 0. The SMILES string of the molecule is N#CC1(CCCN2C(=O)CC3(CCCC3)C2=O)CCOCC1. The van der Waals surface area contributed by atoms with Gasteiger partial charge >= 0.3 is 0 Å². The van der Waals surface area contributed by atoms with Crippen LogP contribution in [0.1, 0.15) is 57.8 Å². The molecular weight excluding hydrogens is 280 g/mol. The Bertz CT molecular complexity index is 497. The number of carbonyl (C=O) groups is 2. The van der Waals surface area contributed by atoms with Gasteiger partial charge in [-0.1, -0.05) is 12.8 Å². The zero-order valence-electron chi connectivity index (χ0n) is 13.1. The van der Waals surface area contributed by atoms with Crippen molar-refractivity contribution in [1.29, 1.82) is 5.26 Å². The first-order valence-electron chi connectivity index (χ1n) is 8.45. The molecule has 3 aliphatic rings. The highest BCUT2D eigenvalue weighted by molar-refractivity contribution is 6.06. The molecule has 3 rings (SSSR count). The van der Waals surface area contributed by atoms with Crippen molar-refractivity contribution in [2.24, 2.45) is 10.8 Å². The molecule has 0 unspecified atom stereocenters. The molecule has 2 amide bonds. The molecule has 120 valence electrons. The van der Waals surface area contributed by atoms with Gasteiger partial charge in [0.1, 0.15) is 0 Å². The van der Waals surface area contributed by atoms with Gasteiger partial charge in [0.25, 0.3) is 0 Å². The second-order valence-electron chi connectivity index (χ2n) is 7.12. The molecule has 1 aliphatic carbocycles. The van der Waals surface area contributed by atoms with Crippen LogP contribution in [0.25, 0.3) is 0 Å². The van der Waals surface area contributed by atoms with Crippen LogP contribution in [0.3, 0.4) is 0 Å². The van der Waals surface area contributed by atoms with Crippen molar-refractivity contribution in [3.8, 4) is 6.07 Å². The molecule has 0 aromatic heterocycles. The highest BCUT2D eigenvalue weighted by Gasteiger charge is 2.52. The van der Waals surface area contributed by atoms with E-state index in [-0.39, 0.29) is 22.6 Å². The van der Waals surface area contributed by atoms with Crippen molar-refractivity contribution in [3.63, 3.8) is 0 Å². The first-order chi connectivity index (χ1) is 10.6. The van der Waals surface area contributed by atoms with E-state index in [1.165, 1.54) is 4.90 Å². The monoisotopic (exact) mass is 304 g/mol. The highest BCUT2D eigenvalue weighted by Crippen LogP contribution is 2.47. The van der Waals surface area contributed by atoms with E-state index in [0.717, 1.165) is 51.4 Å². The van der Waals surface area contributed by atoms with E-state index >= 15 is 0 Å². The maximum atomic E-state index is 12.6. The number of nitriles is 1. The van der Waals surface area contributed by atoms with Crippen molar-refractivity contribution in [2.75, 3.05) is 19.8 Å². The smallest absolute Gasteiger partial charge is 0.235 e. The molecular formula is C17H24N2O3. The molecule has 1 saturated carbocycles. The van der Waals surface area contributed by atoms with Crippen LogP contribution in [0.5, 0.6) is 0 Å². The average molecular weight is 304 g/mol. The molecule has 0 radical (unpaired) electrons. The summed E-state index contributed by atoms with van der Waals surface area (Å²) in [5, 5.41) is 9.45. The summed E-state index contributed by atoms with van der Waals surface area (Å²) in [5.41, 5.74) is -0.697. The fourth-order valence-corrected chi connectivity index (χ4v) is 4.28. The van der Waals surface area contributed by atoms with E-state index in [9.17, 15) is 14.9 Å². The third kappa shape index (κ3) is 2.65. The summed E-state index contributed by atoms with van der Waals surface area (Å²) in [4.78, 5) is 26.3. The van der Waals surface area contributed by atoms with E-state index < -0.39 is 0 Å². The second kappa shape index (κ2) is 6.00. The summed E-state index contributed by atoms with van der Waals surface area (Å²) in [6, 6.07) is 2.45. The third-order valence-corrected chi connectivity index (χ3v) is 5.77. The van der Waals surface area contributed by atoms with Crippen LogP contribution in [-0.4, -0.2) is 36.5 Å². The predicted octanol–water partition coefficient (Wildman–Crippen LogP) is 2.41. The lowest BCUT2D eigenvalue weighted by Crippen LogP contribution is -2.36. The van der Waals surface area contributed by atoms with Crippen molar-refractivity contribution < 1.29 is 14.3 Å². The Labute approximate surface area is 131 Å². The quantitative estimate of drug-likeness (QED) is 0.748. The maximum Gasteiger partial charge on any atom is 0.235 e. The number of amides is 2. The van der Waals surface area contributed by atoms with Gasteiger partial charge in [0.05, 0.1) is 16.9 Å². The van der Waals surface area contributed by atoms with Crippen molar-refractivity contribution >= 4 is 11.8 Å². The standard InChI is InChI=1S/C17H24N2O3/c18-13-16(7-10-22-11-8-16)4-3-9-19-14(20)12-17(15(19)21)5-1-2-6-17/h1-12H2. The topological polar surface area (TPSA) is 70.4 Å². The van der Waals surface area contributed by atoms with Crippen LogP contribution in [0.15, 0.2) is 0 Å². The summed E-state index contributed by atoms with van der Waals surface area (Å²) in [6.07, 6.45) is 7.25. The number of nitrogens with zero attached hydrogens (tertiary/aromatic N) is 2. The van der Waals surface area contributed by atoms with Gasteiger partial charge in [-0.15, -0.1) is 0 Å². The maximum absolute atomic E-state index is 12.6. The number of rotatable bonds is 4. The molecule has 0 N–H and O–H groups in total. The molecule has 0 aromatic carbocycles. The van der Waals surface area contributed by atoms with Gasteiger partial charge < -0.3 is 4.74 Å². The molecule has 0 aromatic rings. The van der Waals surface area contributed by atoms with Gasteiger partial charge in [0, 0.05) is 26.2 Å². The highest BCUT2D eigenvalue weighted by atomic mass is 16.5.